The fourth-order valence-electron chi connectivity index (χ4n) is 2.28. The predicted octanol–water partition coefficient (Wildman–Crippen LogP) is 3.09. The van der Waals surface area contributed by atoms with E-state index in [1.807, 2.05) is 19.1 Å². The number of rotatable bonds is 8. The molecule has 2 aromatic carbocycles. The van der Waals surface area contributed by atoms with Gasteiger partial charge in [0.25, 0.3) is 10.1 Å². The predicted molar refractivity (Wildman–Crippen MR) is 96.3 cm³/mol. The average Bonchev–Trinajstić information content (AvgIpc) is 2.52. The molecule has 136 valence electrons. The first-order chi connectivity index (χ1) is 11.7. The molecule has 0 amide bonds. The van der Waals surface area contributed by atoms with Gasteiger partial charge in [0, 0.05) is 6.42 Å². The van der Waals surface area contributed by atoms with Gasteiger partial charge in [0.1, 0.15) is 19.0 Å². The number of hydrogen-bond donors (Lipinski definition) is 1. The van der Waals surface area contributed by atoms with Crippen LogP contribution in [0.25, 0.3) is 0 Å². The second-order valence-electron chi connectivity index (χ2n) is 6.57. The Balaban J connectivity index is 1.81. The van der Waals surface area contributed by atoms with Gasteiger partial charge in [0.2, 0.25) is 0 Å². The molecule has 0 bridgehead atoms. The minimum absolute atomic E-state index is 0.0678. The fraction of sp³-hybridized carbons (Fsp3) is 0.368. The Hall–Kier alpha value is -1.89. The van der Waals surface area contributed by atoms with E-state index < -0.39 is 15.7 Å². The molecule has 0 aliphatic carbocycles. The van der Waals surface area contributed by atoms with E-state index in [0.29, 0.717) is 12.2 Å². The molecule has 6 heteroatoms. The second-order valence-corrected chi connectivity index (χ2v) is 8.19. The molecule has 0 saturated heterocycles. The van der Waals surface area contributed by atoms with Gasteiger partial charge in [-0.05, 0) is 50.6 Å². The molecule has 0 aromatic heterocycles. The van der Waals surface area contributed by atoms with Gasteiger partial charge in [-0.2, -0.15) is 8.42 Å². The Morgan fingerprint density at radius 1 is 0.960 bits per heavy atom. The van der Waals surface area contributed by atoms with Crippen LogP contribution in [0, 0.1) is 6.92 Å². The van der Waals surface area contributed by atoms with Crippen LogP contribution in [-0.2, 0) is 20.7 Å². The van der Waals surface area contributed by atoms with Gasteiger partial charge >= 0.3 is 0 Å². The van der Waals surface area contributed by atoms with Crippen molar-refractivity contribution >= 4 is 10.1 Å². The van der Waals surface area contributed by atoms with Crippen molar-refractivity contribution in [2.75, 3.05) is 13.2 Å². The molecule has 0 heterocycles. The molecular weight excluding hydrogens is 340 g/mol. The molecule has 5 nitrogen and oxygen atoms in total. The second kappa shape index (κ2) is 7.99. The molecular formula is C19H24O5S. The molecule has 0 atom stereocenters. The third-order valence-corrected chi connectivity index (χ3v) is 4.79. The Bertz CT molecular complexity index is 772. The Kier molecular flexibility index (Phi) is 6.21. The Morgan fingerprint density at radius 3 is 2.12 bits per heavy atom. The van der Waals surface area contributed by atoms with Crippen molar-refractivity contribution in [2.24, 2.45) is 0 Å². The number of aryl methyl sites for hydroxylation is 1. The summed E-state index contributed by atoms with van der Waals surface area (Å²) in [6.07, 6.45) is 0.547. The van der Waals surface area contributed by atoms with Crippen molar-refractivity contribution in [2.45, 2.75) is 37.7 Å². The zero-order valence-electron chi connectivity index (χ0n) is 14.7. The highest BCUT2D eigenvalue weighted by Crippen LogP contribution is 2.17. The van der Waals surface area contributed by atoms with E-state index in [1.54, 1.807) is 38.1 Å². The average molecular weight is 364 g/mol. The van der Waals surface area contributed by atoms with Gasteiger partial charge in [-0.1, -0.05) is 29.8 Å². The lowest BCUT2D eigenvalue weighted by molar-refractivity contribution is 0.0810. The van der Waals surface area contributed by atoms with E-state index >= 15 is 0 Å². The summed E-state index contributed by atoms with van der Waals surface area (Å²) in [7, 11) is -3.77. The van der Waals surface area contributed by atoms with Crippen LogP contribution in [-0.4, -0.2) is 32.3 Å². The standard InChI is InChI=1S/C19H24O5S/c1-15-4-10-18(11-5-15)25(21,22)24-13-12-23-17-8-6-16(7-9-17)14-19(2,3)20/h4-11,20H,12-14H2,1-3H3. The van der Waals surface area contributed by atoms with Crippen LogP contribution < -0.4 is 4.74 Å². The summed E-state index contributed by atoms with van der Waals surface area (Å²) in [6.45, 7) is 5.45. The summed E-state index contributed by atoms with van der Waals surface area (Å²) in [5, 5.41) is 9.79. The molecule has 0 saturated carbocycles. The molecule has 0 unspecified atom stereocenters. The van der Waals surface area contributed by atoms with E-state index in [0.717, 1.165) is 11.1 Å². The molecule has 0 aliphatic rings. The van der Waals surface area contributed by atoms with Crippen molar-refractivity contribution < 1.29 is 22.4 Å². The SMILES string of the molecule is Cc1ccc(S(=O)(=O)OCCOc2ccc(CC(C)(C)O)cc2)cc1. The van der Waals surface area contributed by atoms with Gasteiger partial charge in [0.05, 0.1) is 10.5 Å². The highest BCUT2D eigenvalue weighted by atomic mass is 32.2. The molecule has 2 rings (SSSR count). The van der Waals surface area contributed by atoms with Gasteiger partial charge in [-0.15, -0.1) is 0 Å². The first kappa shape index (κ1) is 19.4. The van der Waals surface area contributed by atoms with E-state index in [-0.39, 0.29) is 18.1 Å². The molecule has 0 radical (unpaired) electrons. The minimum atomic E-state index is -3.77. The van der Waals surface area contributed by atoms with Gasteiger partial charge in [-0.25, -0.2) is 0 Å². The molecule has 0 aliphatic heterocycles. The molecule has 2 aromatic rings. The Morgan fingerprint density at radius 2 is 1.56 bits per heavy atom. The molecule has 1 N–H and O–H groups in total. The molecule has 0 fully saturated rings. The summed E-state index contributed by atoms with van der Waals surface area (Å²) >= 11 is 0. The third kappa shape index (κ3) is 6.49. The summed E-state index contributed by atoms with van der Waals surface area (Å²) in [4.78, 5) is 0.133. The van der Waals surface area contributed by atoms with E-state index in [4.69, 9.17) is 8.92 Å². The van der Waals surface area contributed by atoms with Crippen LogP contribution in [0.15, 0.2) is 53.4 Å². The smallest absolute Gasteiger partial charge is 0.297 e. The first-order valence-electron chi connectivity index (χ1n) is 8.06. The van der Waals surface area contributed by atoms with Crippen molar-refractivity contribution in [3.8, 4) is 5.75 Å². The third-order valence-electron chi connectivity index (χ3n) is 3.46. The van der Waals surface area contributed by atoms with Crippen molar-refractivity contribution in [1.82, 2.24) is 0 Å². The maximum atomic E-state index is 12.0. The summed E-state index contributed by atoms with van der Waals surface area (Å²) in [6, 6.07) is 13.8. The van der Waals surface area contributed by atoms with Crippen LogP contribution >= 0.6 is 0 Å². The topological polar surface area (TPSA) is 72.8 Å². The quantitative estimate of drug-likeness (QED) is 0.576. The largest absolute Gasteiger partial charge is 0.491 e. The van der Waals surface area contributed by atoms with E-state index in [2.05, 4.69) is 0 Å². The normalized spacial score (nSPS) is 12.2. The van der Waals surface area contributed by atoms with Crippen LogP contribution in [0.1, 0.15) is 25.0 Å². The van der Waals surface area contributed by atoms with Crippen LogP contribution in [0.2, 0.25) is 0 Å². The van der Waals surface area contributed by atoms with Crippen LogP contribution in [0.3, 0.4) is 0 Å². The van der Waals surface area contributed by atoms with Gasteiger partial charge < -0.3 is 9.84 Å². The lowest BCUT2D eigenvalue weighted by Gasteiger charge is -2.17. The fourth-order valence-corrected chi connectivity index (χ4v) is 3.17. The van der Waals surface area contributed by atoms with Crippen LogP contribution in [0.5, 0.6) is 5.75 Å². The maximum Gasteiger partial charge on any atom is 0.297 e. The zero-order valence-corrected chi connectivity index (χ0v) is 15.5. The summed E-state index contributed by atoms with van der Waals surface area (Å²) < 4.78 is 34.5. The highest BCUT2D eigenvalue weighted by Gasteiger charge is 2.15. The lowest BCUT2D eigenvalue weighted by Crippen LogP contribution is -2.21. The number of aliphatic hydroxyl groups is 1. The van der Waals surface area contributed by atoms with Gasteiger partial charge in [-0.3, -0.25) is 4.18 Å². The minimum Gasteiger partial charge on any atom is -0.491 e. The van der Waals surface area contributed by atoms with E-state index in [9.17, 15) is 13.5 Å². The monoisotopic (exact) mass is 364 g/mol. The van der Waals surface area contributed by atoms with Gasteiger partial charge in [0.15, 0.2) is 0 Å². The highest BCUT2D eigenvalue weighted by molar-refractivity contribution is 7.86. The number of hydrogen-bond acceptors (Lipinski definition) is 5. The zero-order chi connectivity index (χ0) is 18.5. The molecule has 25 heavy (non-hydrogen) atoms. The van der Waals surface area contributed by atoms with Crippen molar-refractivity contribution in [1.29, 1.82) is 0 Å². The van der Waals surface area contributed by atoms with E-state index in [1.165, 1.54) is 12.1 Å². The lowest BCUT2D eigenvalue weighted by atomic mass is 9.99. The number of ether oxygens (including phenoxy) is 1. The van der Waals surface area contributed by atoms with Crippen LogP contribution in [0.4, 0.5) is 0 Å². The molecule has 0 spiro atoms. The number of benzene rings is 2. The Labute approximate surface area is 149 Å². The maximum absolute atomic E-state index is 12.0. The van der Waals surface area contributed by atoms with Crippen molar-refractivity contribution in [3.63, 3.8) is 0 Å². The first-order valence-corrected chi connectivity index (χ1v) is 9.47. The summed E-state index contributed by atoms with van der Waals surface area (Å²) in [5.41, 5.74) is 1.22. The van der Waals surface area contributed by atoms with Crippen molar-refractivity contribution in [3.05, 3.63) is 59.7 Å². The summed E-state index contributed by atoms with van der Waals surface area (Å²) in [5.74, 6) is 0.621.